The van der Waals surface area contributed by atoms with Gasteiger partial charge < -0.3 is 14.0 Å². The lowest BCUT2D eigenvalue weighted by Crippen LogP contribution is -2.41. The van der Waals surface area contributed by atoms with E-state index in [2.05, 4.69) is 4.72 Å². The van der Waals surface area contributed by atoms with E-state index in [0.29, 0.717) is 22.5 Å². The Morgan fingerprint density at radius 3 is 2.17 bits per heavy atom. The summed E-state index contributed by atoms with van der Waals surface area (Å²) >= 11 is 0. The SMILES string of the molecule is COc1cc(CS(=O)(=O)Nc2ccc(F)cc2)cc(B2OC(C)(C)C(C)(C)O2)c1. The van der Waals surface area contributed by atoms with Crippen molar-refractivity contribution >= 4 is 28.3 Å². The molecule has 29 heavy (non-hydrogen) atoms. The van der Waals surface area contributed by atoms with E-state index >= 15 is 0 Å². The minimum absolute atomic E-state index is 0.284. The Morgan fingerprint density at radius 2 is 1.62 bits per heavy atom. The van der Waals surface area contributed by atoms with Gasteiger partial charge in [0.1, 0.15) is 11.6 Å². The Morgan fingerprint density at radius 1 is 1.03 bits per heavy atom. The highest BCUT2D eigenvalue weighted by Gasteiger charge is 2.51. The van der Waals surface area contributed by atoms with E-state index in [4.69, 9.17) is 14.0 Å². The smallest absolute Gasteiger partial charge is 0.494 e. The van der Waals surface area contributed by atoms with Gasteiger partial charge in [-0.25, -0.2) is 12.8 Å². The van der Waals surface area contributed by atoms with E-state index < -0.39 is 34.2 Å². The third-order valence-corrected chi connectivity index (χ3v) is 6.48. The van der Waals surface area contributed by atoms with Crippen molar-refractivity contribution in [1.82, 2.24) is 0 Å². The normalized spacial score (nSPS) is 17.9. The molecule has 0 aliphatic carbocycles. The lowest BCUT2D eigenvalue weighted by Gasteiger charge is -2.32. The number of anilines is 1. The first-order valence-electron chi connectivity index (χ1n) is 9.20. The van der Waals surface area contributed by atoms with Gasteiger partial charge in [-0.3, -0.25) is 4.72 Å². The molecule has 6 nitrogen and oxygen atoms in total. The lowest BCUT2D eigenvalue weighted by atomic mass is 9.78. The molecule has 1 saturated heterocycles. The largest absolute Gasteiger partial charge is 0.497 e. The molecule has 3 rings (SSSR count). The number of rotatable bonds is 6. The van der Waals surface area contributed by atoms with Crippen molar-refractivity contribution in [2.45, 2.75) is 44.6 Å². The summed E-state index contributed by atoms with van der Waals surface area (Å²) in [5, 5.41) is 0. The summed E-state index contributed by atoms with van der Waals surface area (Å²) in [6.45, 7) is 7.80. The van der Waals surface area contributed by atoms with Crippen LogP contribution in [0.15, 0.2) is 42.5 Å². The highest BCUT2D eigenvalue weighted by molar-refractivity contribution is 7.91. The molecule has 0 saturated carbocycles. The van der Waals surface area contributed by atoms with Gasteiger partial charge in [-0.2, -0.15) is 0 Å². The Bertz CT molecular complexity index is 976. The van der Waals surface area contributed by atoms with E-state index in [0.717, 1.165) is 0 Å². The molecule has 0 unspecified atom stereocenters. The highest BCUT2D eigenvalue weighted by atomic mass is 32.2. The summed E-state index contributed by atoms with van der Waals surface area (Å²) in [4.78, 5) is 0. The second kappa shape index (κ2) is 7.62. The molecule has 2 aromatic carbocycles. The van der Waals surface area contributed by atoms with Crippen LogP contribution < -0.4 is 14.9 Å². The zero-order valence-corrected chi connectivity index (χ0v) is 18.0. The molecule has 0 bridgehead atoms. The fraction of sp³-hybridized carbons (Fsp3) is 0.400. The van der Waals surface area contributed by atoms with Crippen LogP contribution in [0.5, 0.6) is 5.75 Å². The fourth-order valence-corrected chi connectivity index (χ4v) is 4.13. The predicted molar refractivity (Wildman–Crippen MR) is 111 cm³/mol. The maximum Gasteiger partial charge on any atom is 0.494 e. The molecule has 1 aliphatic rings. The molecule has 1 N–H and O–H groups in total. The number of ether oxygens (including phenoxy) is 1. The third kappa shape index (κ3) is 4.91. The van der Waals surface area contributed by atoms with Crippen molar-refractivity contribution in [3.05, 3.63) is 53.8 Å². The molecule has 0 aromatic heterocycles. The Hall–Kier alpha value is -2.10. The van der Waals surface area contributed by atoms with Crippen molar-refractivity contribution < 1.29 is 26.9 Å². The van der Waals surface area contributed by atoms with Crippen LogP contribution in [0.2, 0.25) is 0 Å². The first-order chi connectivity index (χ1) is 13.4. The number of nitrogens with one attached hydrogen (secondary N) is 1. The average molecular weight is 421 g/mol. The third-order valence-electron chi connectivity index (χ3n) is 5.22. The van der Waals surface area contributed by atoms with Crippen LogP contribution in [0.1, 0.15) is 33.3 Å². The Kier molecular flexibility index (Phi) is 5.68. The molecule has 9 heteroatoms. The second-order valence-corrected chi connectivity index (χ2v) is 9.79. The van der Waals surface area contributed by atoms with Gasteiger partial charge in [-0.1, -0.05) is 6.07 Å². The summed E-state index contributed by atoms with van der Waals surface area (Å²) in [7, 11) is -2.85. The minimum Gasteiger partial charge on any atom is -0.497 e. The van der Waals surface area contributed by atoms with Gasteiger partial charge in [0.05, 0.1) is 24.1 Å². The van der Waals surface area contributed by atoms with E-state index in [1.165, 1.54) is 31.4 Å². The maximum atomic E-state index is 13.0. The van der Waals surface area contributed by atoms with Crippen molar-refractivity contribution in [2.24, 2.45) is 0 Å². The molecule has 0 atom stereocenters. The monoisotopic (exact) mass is 421 g/mol. The molecule has 0 spiro atoms. The van der Waals surface area contributed by atoms with Gasteiger partial charge in [0, 0.05) is 5.69 Å². The van der Waals surface area contributed by atoms with E-state index in [-0.39, 0.29) is 5.75 Å². The van der Waals surface area contributed by atoms with Crippen LogP contribution in [0, 0.1) is 5.82 Å². The molecule has 1 heterocycles. The number of hydrogen-bond acceptors (Lipinski definition) is 5. The summed E-state index contributed by atoms with van der Waals surface area (Å²) in [6, 6.07) is 10.3. The van der Waals surface area contributed by atoms with Crippen LogP contribution in [-0.4, -0.2) is 33.8 Å². The van der Waals surface area contributed by atoms with Crippen LogP contribution in [0.3, 0.4) is 0 Å². The summed E-state index contributed by atoms with van der Waals surface area (Å²) < 4.78 is 58.1. The van der Waals surface area contributed by atoms with Gasteiger partial charge in [-0.15, -0.1) is 0 Å². The van der Waals surface area contributed by atoms with Crippen molar-refractivity contribution in [3.63, 3.8) is 0 Å². The molecular formula is C20H25BFNO5S. The quantitative estimate of drug-likeness (QED) is 0.726. The number of methoxy groups -OCH3 is 1. The lowest BCUT2D eigenvalue weighted by molar-refractivity contribution is 0.00578. The van der Waals surface area contributed by atoms with Crippen molar-refractivity contribution in [1.29, 1.82) is 0 Å². The molecular weight excluding hydrogens is 396 g/mol. The van der Waals surface area contributed by atoms with E-state index in [1.807, 2.05) is 27.7 Å². The van der Waals surface area contributed by atoms with E-state index in [1.54, 1.807) is 18.2 Å². The molecule has 2 aromatic rings. The minimum atomic E-state index is -3.72. The number of halogens is 1. The predicted octanol–water partition coefficient (Wildman–Crippen LogP) is 3.08. The van der Waals surface area contributed by atoms with Crippen molar-refractivity contribution in [2.75, 3.05) is 11.8 Å². The second-order valence-electron chi connectivity index (χ2n) is 8.07. The van der Waals surface area contributed by atoms with Gasteiger partial charge in [-0.05, 0) is 75.1 Å². The topological polar surface area (TPSA) is 73.9 Å². The van der Waals surface area contributed by atoms with Crippen LogP contribution in [-0.2, 0) is 25.1 Å². The van der Waals surface area contributed by atoms with Crippen molar-refractivity contribution in [3.8, 4) is 5.75 Å². The van der Waals surface area contributed by atoms with Gasteiger partial charge >= 0.3 is 7.12 Å². The molecule has 1 aliphatic heterocycles. The fourth-order valence-electron chi connectivity index (χ4n) is 2.96. The average Bonchev–Trinajstić information content (AvgIpc) is 2.83. The Balaban J connectivity index is 1.84. The summed E-state index contributed by atoms with van der Waals surface area (Å²) in [6.07, 6.45) is 0. The molecule has 0 amide bonds. The standard InChI is InChI=1S/C20H25BFNO5S/c1-19(2)20(3,4)28-21(27-19)15-10-14(11-18(12-15)26-5)13-29(24,25)23-17-8-6-16(22)7-9-17/h6-12,23H,13H2,1-5H3. The zero-order valence-electron chi connectivity index (χ0n) is 17.2. The Labute approximate surface area is 171 Å². The number of benzene rings is 2. The van der Waals surface area contributed by atoms with Gasteiger partial charge in [0.25, 0.3) is 0 Å². The van der Waals surface area contributed by atoms with E-state index in [9.17, 15) is 12.8 Å². The molecule has 156 valence electrons. The number of sulfonamides is 1. The molecule has 0 radical (unpaired) electrons. The van der Waals surface area contributed by atoms with Crippen LogP contribution in [0.4, 0.5) is 10.1 Å². The maximum absolute atomic E-state index is 13.0. The van der Waals surface area contributed by atoms with Gasteiger partial charge in [0.15, 0.2) is 0 Å². The first kappa shape index (κ1) is 21.6. The highest BCUT2D eigenvalue weighted by Crippen LogP contribution is 2.36. The number of hydrogen-bond donors (Lipinski definition) is 1. The van der Waals surface area contributed by atoms with Crippen LogP contribution >= 0.6 is 0 Å². The summed E-state index contributed by atoms with van der Waals surface area (Å²) in [5.74, 6) is -0.217. The first-order valence-corrected chi connectivity index (χ1v) is 10.9. The van der Waals surface area contributed by atoms with Gasteiger partial charge in [0.2, 0.25) is 10.0 Å². The van der Waals surface area contributed by atoms with Crippen LogP contribution in [0.25, 0.3) is 0 Å². The summed E-state index contributed by atoms with van der Waals surface area (Å²) in [5.41, 5.74) is 0.452. The zero-order chi connectivity index (χ0) is 21.4. The molecule has 1 fully saturated rings.